The third-order valence-electron chi connectivity index (χ3n) is 5.56. The summed E-state index contributed by atoms with van der Waals surface area (Å²) in [6.07, 6.45) is 0.979. The van der Waals surface area contributed by atoms with Crippen LogP contribution in [0, 0.1) is 17.1 Å². The number of carbonyl (C=O) groups excluding carboxylic acids is 1. The molecule has 0 spiro atoms. The van der Waals surface area contributed by atoms with Gasteiger partial charge in [0, 0.05) is 30.0 Å². The number of hydrogen-bond acceptors (Lipinski definition) is 5. The molecule has 2 N–H and O–H groups in total. The van der Waals surface area contributed by atoms with Gasteiger partial charge in [-0.3, -0.25) is 4.79 Å². The highest BCUT2D eigenvalue weighted by molar-refractivity contribution is 6.05. The first kappa shape index (κ1) is 22.3. The average Bonchev–Trinajstić information content (AvgIpc) is 2.84. The van der Waals surface area contributed by atoms with Crippen LogP contribution >= 0.6 is 0 Å². The van der Waals surface area contributed by atoms with Crippen molar-refractivity contribution in [2.45, 2.75) is 18.9 Å². The van der Waals surface area contributed by atoms with E-state index in [0.717, 1.165) is 36.3 Å². The number of anilines is 2. The Morgan fingerprint density at radius 1 is 1.15 bits per heavy atom. The second-order valence-corrected chi connectivity index (χ2v) is 7.91. The second-order valence-electron chi connectivity index (χ2n) is 7.91. The van der Waals surface area contributed by atoms with Crippen LogP contribution in [0.5, 0.6) is 5.75 Å². The van der Waals surface area contributed by atoms with Crippen molar-refractivity contribution in [3.05, 3.63) is 89.2 Å². The highest BCUT2D eigenvalue weighted by atomic mass is 19.1. The Balaban J connectivity index is 1.41. The molecule has 168 valence electrons. The summed E-state index contributed by atoms with van der Waals surface area (Å²) in [5.74, 6) is -0.0877. The summed E-state index contributed by atoms with van der Waals surface area (Å²) in [7, 11) is 0. The molecule has 0 saturated carbocycles. The van der Waals surface area contributed by atoms with E-state index in [1.54, 1.807) is 24.3 Å². The minimum absolute atomic E-state index is 0.124. The molecule has 1 amide bonds. The van der Waals surface area contributed by atoms with Crippen LogP contribution in [-0.2, 0) is 6.42 Å². The Morgan fingerprint density at radius 3 is 2.64 bits per heavy atom. The zero-order valence-corrected chi connectivity index (χ0v) is 18.0. The van der Waals surface area contributed by atoms with Gasteiger partial charge in [-0.2, -0.15) is 5.26 Å². The number of fused-ring (bicyclic) bond motifs is 1. The number of halogens is 1. The van der Waals surface area contributed by atoms with Crippen molar-refractivity contribution in [2.75, 3.05) is 29.9 Å². The standard InChI is InChI=1S/C26H24FN3O3/c27-20-10-8-19(9-11-20)26(32)29-24-4-1-5-25-23(24)3-2-14-30(25)16-21(31)17-33-22-12-6-18(15-28)7-13-22/h1,4-13,21,31H,2-3,14,16-17H2,(H,29,32). The van der Waals surface area contributed by atoms with E-state index in [2.05, 4.69) is 16.3 Å². The molecular formula is C26H24FN3O3. The van der Waals surface area contributed by atoms with Crippen LogP contribution in [0.25, 0.3) is 0 Å². The number of nitrogens with one attached hydrogen (secondary N) is 1. The third-order valence-corrected chi connectivity index (χ3v) is 5.56. The first-order valence-electron chi connectivity index (χ1n) is 10.8. The Kier molecular flexibility index (Phi) is 6.86. The molecule has 0 aliphatic carbocycles. The lowest BCUT2D eigenvalue weighted by Crippen LogP contribution is -2.39. The van der Waals surface area contributed by atoms with Gasteiger partial charge in [0.2, 0.25) is 0 Å². The van der Waals surface area contributed by atoms with Crippen LogP contribution in [0.3, 0.4) is 0 Å². The molecule has 6 nitrogen and oxygen atoms in total. The molecule has 0 bridgehead atoms. The Hall–Kier alpha value is -3.89. The predicted molar refractivity (Wildman–Crippen MR) is 124 cm³/mol. The fourth-order valence-electron chi connectivity index (χ4n) is 3.93. The van der Waals surface area contributed by atoms with Gasteiger partial charge in [-0.05, 0) is 79.1 Å². The minimum Gasteiger partial charge on any atom is -0.491 e. The summed E-state index contributed by atoms with van der Waals surface area (Å²) in [6.45, 7) is 1.30. The molecule has 0 fully saturated rings. The summed E-state index contributed by atoms with van der Waals surface area (Å²) in [4.78, 5) is 14.7. The van der Waals surface area contributed by atoms with Gasteiger partial charge < -0.3 is 20.1 Å². The van der Waals surface area contributed by atoms with Crippen molar-refractivity contribution in [1.82, 2.24) is 0 Å². The van der Waals surface area contributed by atoms with Gasteiger partial charge in [-0.1, -0.05) is 6.07 Å². The van der Waals surface area contributed by atoms with Crippen LogP contribution in [-0.4, -0.2) is 36.8 Å². The van der Waals surface area contributed by atoms with Crippen molar-refractivity contribution in [2.24, 2.45) is 0 Å². The fourth-order valence-corrected chi connectivity index (χ4v) is 3.93. The first-order chi connectivity index (χ1) is 16.0. The number of amides is 1. The van der Waals surface area contributed by atoms with E-state index in [1.807, 2.05) is 18.2 Å². The molecule has 1 aliphatic heterocycles. The number of aliphatic hydroxyl groups is 1. The quantitative estimate of drug-likeness (QED) is 0.571. The summed E-state index contributed by atoms with van der Waals surface area (Å²) < 4.78 is 18.8. The first-order valence-corrected chi connectivity index (χ1v) is 10.8. The molecule has 1 heterocycles. The van der Waals surface area contributed by atoms with Crippen molar-refractivity contribution >= 4 is 17.3 Å². The van der Waals surface area contributed by atoms with E-state index < -0.39 is 6.10 Å². The van der Waals surface area contributed by atoms with Crippen LogP contribution < -0.4 is 15.0 Å². The monoisotopic (exact) mass is 445 g/mol. The molecule has 1 unspecified atom stereocenters. The van der Waals surface area contributed by atoms with Gasteiger partial charge >= 0.3 is 0 Å². The molecule has 1 atom stereocenters. The number of benzene rings is 3. The van der Waals surface area contributed by atoms with Crippen molar-refractivity contribution < 1.29 is 19.0 Å². The number of nitrogens with zero attached hydrogens (tertiary/aromatic N) is 2. The number of β-amino-alcohol motifs (C(OH)–C–C–N with tert-alkyl or cyclic N) is 1. The number of aliphatic hydroxyl groups excluding tert-OH is 1. The molecule has 3 aromatic rings. The van der Waals surface area contributed by atoms with E-state index in [9.17, 15) is 14.3 Å². The Bertz CT molecular complexity index is 1160. The molecule has 0 aromatic heterocycles. The zero-order valence-electron chi connectivity index (χ0n) is 18.0. The van der Waals surface area contributed by atoms with Crippen molar-refractivity contribution in [1.29, 1.82) is 5.26 Å². The largest absolute Gasteiger partial charge is 0.491 e. The highest BCUT2D eigenvalue weighted by Gasteiger charge is 2.22. The minimum atomic E-state index is -0.718. The average molecular weight is 445 g/mol. The summed E-state index contributed by atoms with van der Waals surface area (Å²) in [5.41, 5.74) is 3.64. The van der Waals surface area contributed by atoms with Gasteiger partial charge in [-0.25, -0.2) is 4.39 Å². The van der Waals surface area contributed by atoms with E-state index >= 15 is 0 Å². The number of rotatable bonds is 7. The van der Waals surface area contributed by atoms with E-state index in [1.165, 1.54) is 24.3 Å². The maximum Gasteiger partial charge on any atom is 0.255 e. The smallest absolute Gasteiger partial charge is 0.255 e. The topological polar surface area (TPSA) is 85.6 Å². The molecule has 1 aliphatic rings. The van der Waals surface area contributed by atoms with Crippen molar-refractivity contribution in [3.63, 3.8) is 0 Å². The molecule has 3 aromatic carbocycles. The lowest BCUT2D eigenvalue weighted by atomic mass is 9.99. The lowest BCUT2D eigenvalue weighted by Gasteiger charge is -2.34. The molecule has 0 saturated heterocycles. The molecule has 0 radical (unpaired) electrons. The van der Waals surface area contributed by atoms with Crippen molar-refractivity contribution in [3.8, 4) is 11.8 Å². The highest BCUT2D eigenvalue weighted by Crippen LogP contribution is 2.33. The molecule has 33 heavy (non-hydrogen) atoms. The Morgan fingerprint density at radius 2 is 1.91 bits per heavy atom. The summed E-state index contributed by atoms with van der Waals surface area (Å²) in [5, 5.41) is 22.4. The molecule has 7 heteroatoms. The Labute approximate surface area is 191 Å². The van der Waals surface area contributed by atoms with Crippen LogP contribution in [0.2, 0.25) is 0 Å². The normalized spacial score (nSPS) is 13.5. The lowest BCUT2D eigenvalue weighted by molar-refractivity contribution is 0.102. The van der Waals surface area contributed by atoms with Gasteiger partial charge in [0.15, 0.2) is 0 Å². The van der Waals surface area contributed by atoms with E-state index in [4.69, 9.17) is 10.00 Å². The van der Waals surface area contributed by atoms with E-state index in [-0.39, 0.29) is 18.3 Å². The molecular weight excluding hydrogens is 421 g/mol. The maximum atomic E-state index is 13.2. The van der Waals surface area contributed by atoms with Crippen LogP contribution in [0.4, 0.5) is 15.8 Å². The number of ether oxygens (including phenoxy) is 1. The van der Waals surface area contributed by atoms with Gasteiger partial charge in [0.05, 0.1) is 11.6 Å². The predicted octanol–water partition coefficient (Wildman–Crippen LogP) is 4.14. The summed E-state index contributed by atoms with van der Waals surface area (Å²) in [6, 6.07) is 20.0. The number of hydrogen-bond donors (Lipinski definition) is 2. The van der Waals surface area contributed by atoms with Crippen LogP contribution in [0.15, 0.2) is 66.7 Å². The SMILES string of the molecule is N#Cc1ccc(OCC(O)CN2CCCc3c(NC(=O)c4ccc(F)cc4)cccc32)cc1. The maximum absolute atomic E-state index is 13.2. The van der Waals surface area contributed by atoms with Crippen LogP contribution in [0.1, 0.15) is 27.9 Å². The second kappa shape index (κ2) is 10.2. The van der Waals surface area contributed by atoms with Gasteiger partial charge in [-0.15, -0.1) is 0 Å². The third kappa shape index (κ3) is 5.48. The summed E-state index contributed by atoms with van der Waals surface area (Å²) >= 11 is 0. The zero-order chi connectivity index (χ0) is 23.2. The van der Waals surface area contributed by atoms with Gasteiger partial charge in [0.1, 0.15) is 24.3 Å². The number of nitriles is 1. The molecule has 4 rings (SSSR count). The van der Waals surface area contributed by atoms with E-state index in [0.29, 0.717) is 23.4 Å². The van der Waals surface area contributed by atoms with Gasteiger partial charge in [0.25, 0.3) is 5.91 Å². The fraction of sp³-hybridized carbons (Fsp3) is 0.231. The number of carbonyl (C=O) groups is 1.